The third-order valence-corrected chi connectivity index (χ3v) is 6.00. The van der Waals surface area contributed by atoms with Crippen LogP contribution in [0.4, 0.5) is 0 Å². The number of para-hydroxylation sites is 1. The van der Waals surface area contributed by atoms with Crippen molar-refractivity contribution in [3.8, 4) is 5.75 Å². The maximum Gasteiger partial charge on any atom is 0.251 e. The molecule has 3 aromatic rings. The van der Waals surface area contributed by atoms with Crippen LogP contribution in [-0.2, 0) is 11.3 Å². The monoisotopic (exact) mass is 400 g/mol. The summed E-state index contributed by atoms with van der Waals surface area (Å²) in [6.45, 7) is 5.40. The van der Waals surface area contributed by atoms with Crippen molar-refractivity contribution in [3.05, 3.63) is 58.4 Å². The fourth-order valence-electron chi connectivity index (χ4n) is 2.93. The van der Waals surface area contributed by atoms with Crippen LogP contribution in [0.5, 0.6) is 5.75 Å². The summed E-state index contributed by atoms with van der Waals surface area (Å²) in [6.07, 6.45) is 2.36. The highest BCUT2D eigenvalue weighted by molar-refractivity contribution is 7.98. The molecule has 0 N–H and O–H groups in total. The molecule has 1 aromatic heterocycles. The summed E-state index contributed by atoms with van der Waals surface area (Å²) >= 11 is 3.39. The van der Waals surface area contributed by atoms with Crippen LogP contribution in [0.3, 0.4) is 0 Å². The van der Waals surface area contributed by atoms with Crippen LogP contribution in [0, 0.1) is 13.8 Å². The van der Waals surface area contributed by atoms with Crippen LogP contribution in [0.15, 0.2) is 47.5 Å². The van der Waals surface area contributed by atoms with Crippen LogP contribution < -0.4 is 9.54 Å². The Morgan fingerprint density at radius 2 is 2.00 bits per heavy atom. The molecular formula is C21H24N2O2S2. The van der Waals surface area contributed by atoms with E-state index in [2.05, 4.69) is 41.8 Å². The van der Waals surface area contributed by atoms with Crippen LogP contribution in [0.2, 0.25) is 0 Å². The standard InChI is InChI=1S/C21H24N2O2S2/c1-15-13-16(2)20-18(14-15)23(10-12-26-3)21(27-20)22-19(24)9-11-25-17-7-5-4-6-8-17/h4-8,13-14H,9-12H2,1-3H3. The van der Waals surface area contributed by atoms with Crippen molar-refractivity contribution in [1.82, 2.24) is 4.57 Å². The molecule has 0 unspecified atom stereocenters. The molecule has 1 amide bonds. The van der Waals surface area contributed by atoms with Gasteiger partial charge in [0.2, 0.25) is 0 Å². The molecule has 1 heterocycles. The van der Waals surface area contributed by atoms with Gasteiger partial charge in [0.25, 0.3) is 5.91 Å². The molecule has 0 atom stereocenters. The van der Waals surface area contributed by atoms with E-state index >= 15 is 0 Å². The molecule has 27 heavy (non-hydrogen) atoms. The van der Waals surface area contributed by atoms with Gasteiger partial charge >= 0.3 is 0 Å². The van der Waals surface area contributed by atoms with Gasteiger partial charge in [0.05, 0.1) is 23.2 Å². The number of rotatable bonds is 7. The van der Waals surface area contributed by atoms with E-state index in [-0.39, 0.29) is 12.3 Å². The molecule has 0 fully saturated rings. The van der Waals surface area contributed by atoms with Crippen molar-refractivity contribution >= 4 is 39.2 Å². The first kappa shape index (κ1) is 19.7. The Morgan fingerprint density at radius 1 is 1.22 bits per heavy atom. The molecule has 3 rings (SSSR count). The number of amides is 1. The molecule has 0 saturated heterocycles. The van der Waals surface area contributed by atoms with Gasteiger partial charge in [0.1, 0.15) is 5.75 Å². The van der Waals surface area contributed by atoms with Gasteiger partial charge in [-0.3, -0.25) is 4.79 Å². The van der Waals surface area contributed by atoms with Gasteiger partial charge in [0.15, 0.2) is 4.80 Å². The van der Waals surface area contributed by atoms with E-state index in [1.54, 1.807) is 23.1 Å². The summed E-state index contributed by atoms with van der Waals surface area (Å²) < 4.78 is 8.99. The number of thioether (sulfide) groups is 1. The summed E-state index contributed by atoms with van der Waals surface area (Å²) in [6, 6.07) is 13.9. The van der Waals surface area contributed by atoms with E-state index in [1.165, 1.54) is 21.3 Å². The lowest BCUT2D eigenvalue weighted by Gasteiger charge is -2.06. The minimum atomic E-state index is -0.148. The highest BCUT2D eigenvalue weighted by Crippen LogP contribution is 2.23. The first-order valence-electron chi connectivity index (χ1n) is 8.93. The molecular weight excluding hydrogens is 376 g/mol. The van der Waals surface area contributed by atoms with Gasteiger partial charge in [0, 0.05) is 12.3 Å². The molecule has 4 nitrogen and oxygen atoms in total. The van der Waals surface area contributed by atoms with Crippen molar-refractivity contribution in [2.24, 2.45) is 4.99 Å². The summed E-state index contributed by atoms with van der Waals surface area (Å²) in [7, 11) is 0. The molecule has 0 aliphatic heterocycles. The van der Waals surface area contributed by atoms with Crippen LogP contribution in [0.25, 0.3) is 10.2 Å². The Morgan fingerprint density at radius 3 is 2.74 bits per heavy atom. The molecule has 0 bridgehead atoms. The lowest BCUT2D eigenvalue weighted by Crippen LogP contribution is -2.18. The van der Waals surface area contributed by atoms with Crippen molar-refractivity contribution in [1.29, 1.82) is 0 Å². The second kappa shape index (κ2) is 9.24. The van der Waals surface area contributed by atoms with Crippen LogP contribution in [0.1, 0.15) is 17.5 Å². The van der Waals surface area contributed by atoms with Crippen molar-refractivity contribution in [3.63, 3.8) is 0 Å². The van der Waals surface area contributed by atoms with Crippen LogP contribution in [-0.4, -0.2) is 29.1 Å². The molecule has 0 spiro atoms. The smallest absolute Gasteiger partial charge is 0.251 e. The number of hydrogen-bond acceptors (Lipinski definition) is 4. The Labute approximate surface area is 167 Å². The SMILES string of the molecule is CSCCn1c(=NC(=O)CCOc2ccccc2)sc2c(C)cc(C)cc21. The summed E-state index contributed by atoms with van der Waals surface area (Å²) in [4.78, 5) is 17.6. The minimum absolute atomic E-state index is 0.148. The van der Waals surface area contributed by atoms with Gasteiger partial charge < -0.3 is 9.30 Å². The number of carbonyl (C=O) groups excluding carboxylic acids is 1. The summed E-state index contributed by atoms with van der Waals surface area (Å²) in [5, 5.41) is 0. The fraction of sp³-hybridized carbons (Fsp3) is 0.333. The number of nitrogens with zero attached hydrogens (tertiary/aromatic N) is 2. The van der Waals surface area contributed by atoms with Crippen molar-refractivity contribution < 1.29 is 9.53 Å². The van der Waals surface area contributed by atoms with Crippen LogP contribution >= 0.6 is 23.1 Å². The third kappa shape index (κ3) is 5.02. The van der Waals surface area contributed by atoms with Crippen molar-refractivity contribution in [2.75, 3.05) is 18.6 Å². The zero-order valence-corrected chi connectivity index (χ0v) is 17.5. The number of aryl methyl sites for hydroxylation is 3. The zero-order valence-electron chi connectivity index (χ0n) is 15.9. The molecule has 142 valence electrons. The Balaban J connectivity index is 1.83. The highest BCUT2D eigenvalue weighted by atomic mass is 32.2. The second-order valence-corrected chi connectivity index (χ2v) is 8.34. The number of aromatic nitrogens is 1. The first-order chi connectivity index (χ1) is 13.1. The van der Waals surface area contributed by atoms with Gasteiger partial charge in [-0.05, 0) is 49.4 Å². The summed E-state index contributed by atoms with van der Waals surface area (Å²) in [5.41, 5.74) is 3.62. The zero-order chi connectivity index (χ0) is 19.2. The Hall–Kier alpha value is -2.05. The van der Waals surface area contributed by atoms with Gasteiger partial charge in [-0.1, -0.05) is 35.6 Å². The highest BCUT2D eigenvalue weighted by Gasteiger charge is 2.10. The number of thiazole rings is 1. The normalized spacial score (nSPS) is 11.9. The maximum atomic E-state index is 12.4. The first-order valence-corrected chi connectivity index (χ1v) is 11.1. The number of carbonyl (C=O) groups is 1. The lowest BCUT2D eigenvalue weighted by molar-refractivity contribution is -0.118. The average Bonchev–Trinajstić information content (AvgIpc) is 2.98. The quantitative estimate of drug-likeness (QED) is 0.583. The minimum Gasteiger partial charge on any atom is -0.493 e. The second-order valence-electron chi connectivity index (χ2n) is 6.38. The Kier molecular flexibility index (Phi) is 6.74. The van der Waals surface area contributed by atoms with E-state index in [1.807, 2.05) is 30.3 Å². The molecule has 6 heteroatoms. The van der Waals surface area contributed by atoms with E-state index in [0.717, 1.165) is 22.8 Å². The largest absolute Gasteiger partial charge is 0.493 e. The van der Waals surface area contributed by atoms with E-state index in [0.29, 0.717) is 6.61 Å². The van der Waals surface area contributed by atoms with Gasteiger partial charge in [-0.2, -0.15) is 16.8 Å². The number of benzene rings is 2. The maximum absolute atomic E-state index is 12.4. The van der Waals surface area contributed by atoms with E-state index < -0.39 is 0 Å². The molecule has 0 aliphatic rings. The lowest BCUT2D eigenvalue weighted by atomic mass is 10.1. The Bertz CT molecular complexity index is 991. The summed E-state index contributed by atoms with van der Waals surface area (Å²) in [5.74, 6) is 1.61. The number of fused-ring (bicyclic) bond motifs is 1. The average molecular weight is 401 g/mol. The van der Waals surface area contributed by atoms with Gasteiger partial charge in [-0.25, -0.2) is 0 Å². The van der Waals surface area contributed by atoms with Crippen molar-refractivity contribution in [2.45, 2.75) is 26.8 Å². The number of hydrogen-bond donors (Lipinski definition) is 0. The fourth-order valence-corrected chi connectivity index (χ4v) is 4.42. The number of ether oxygens (including phenoxy) is 1. The van der Waals surface area contributed by atoms with Gasteiger partial charge in [-0.15, -0.1) is 0 Å². The predicted molar refractivity (Wildman–Crippen MR) is 115 cm³/mol. The molecule has 2 aromatic carbocycles. The predicted octanol–water partition coefficient (Wildman–Crippen LogP) is 4.58. The molecule has 0 radical (unpaired) electrons. The van der Waals surface area contributed by atoms with E-state index in [9.17, 15) is 4.79 Å². The molecule has 0 saturated carbocycles. The third-order valence-electron chi connectivity index (χ3n) is 4.18. The molecule has 0 aliphatic carbocycles. The topological polar surface area (TPSA) is 43.6 Å². The van der Waals surface area contributed by atoms with E-state index in [4.69, 9.17) is 4.74 Å².